The highest BCUT2D eigenvalue weighted by atomic mass is 16.2. The van der Waals surface area contributed by atoms with E-state index in [1.54, 1.807) is 13.1 Å². The third-order valence-electron chi connectivity index (χ3n) is 3.73. The maximum Gasteiger partial charge on any atom is 0.314 e. The van der Waals surface area contributed by atoms with E-state index in [0.29, 0.717) is 5.41 Å². The summed E-state index contributed by atoms with van der Waals surface area (Å²) in [6, 6.07) is -0.0487. The fourth-order valence-electron chi connectivity index (χ4n) is 2.52. The first-order chi connectivity index (χ1) is 8.15. The van der Waals surface area contributed by atoms with Gasteiger partial charge in [-0.15, -0.1) is 6.58 Å². The topological polar surface area (TPSA) is 44.4 Å². The average molecular weight is 239 g/mol. The van der Waals surface area contributed by atoms with Crippen molar-refractivity contribution in [2.24, 2.45) is 5.41 Å². The molecule has 3 heterocycles. The van der Waals surface area contributed by atoms with Crippen LogP contribution in [0.4, 0.5) is 4.79 Å². The molecule has 3 rings (SSSR count). The zero-order chi connectivity index (χ0) is 12.7. The van der Waals surface area contributed by atoms with Crippen LogP contribution in [0, 0.1) is 5.41 Å². The van der Waals surface area contributed by atoms with Crippen molar-refractivity contribution in [1.82, 2.24) is 15.5 Å². The lowest BCUT2D eigenvalue weighted by Gasteiger charge is -2.48. The molecule has 2 N–H and O–H groups in total. The van der Waals surface area contributed by atoms with Crippen LogP contribution in [0.5, 0.6) is 0 Å². The normalized spacial score (nSPS) is 29.9. The minimum absolute atomic E-state index is 0.0487. The molecular formula is C13H25N3O. The van der Waals surface area contributed by atoms with E-state index in [9.17, 15) is 4.79 Å². The van der Waals surface area contributed by atoms with Crippen molar-refractivity contribution in [3.63, 3.8) is 0 Å². The molecule has 3 aliphatic heterocycles. The zero-order valence-electron chi connectivity index (χ0n) is 11.1. The molecule has 0 spiro atoms. The summed E-state index contributed by atoms with van der Waals surface area (Å²) in [5.41, 5.74) is 0.404. The first-order valence-corrected chi connectivity index (χ1v) is 6.41. The van der Waals surface area contributed by atoms with Crippen molar-refractivity contribution < 1.29 is 4.79 Å². The lowest BCUT2D eigenvalue weighted by molar-refractivity contribution is 0.0285. The number of rotatable bonds is 2. The molecule has 0 aromatic heterocycles. The summed E-state index contributed by atoms with van der Waals surface area (Å²) in [6.07, 6.45) is 5.49. The molecule has 2 amide bonds. The van der Waals surface area contributed by atoms with Gasteiger partial charge in [-0.1, -0.05) is 6.08 Å². The van der Waals surface area contributed by atoms with Crippen molar-refractivity contribution in [3.8, 4) is 0 Å². The Hall–Kier alpha value is -1.03. The fraction of sp³-hybridized carbons (Fsp3) is 0.769. The lowest BCUT2D eigenvalue weighted by atomic mass is 9.72. The third-order valence-corrected chi connectivity index (χ3v) is 3.73. The predicted molar refractivity (Wildman–Crippen MR) is 71.1 cm³/mol. The van der Waals surface area contributed by atoms with Crippen LogP contribution in [0.15, 0.2) is 12.7 Å². The van der Waals surface area contributed by atoms with Gasteiger partial charge < -0.3 is 15.5 Å². The molecule has 0 aliphatic carbocycles. The molecule has 0 unspecified atom stereocenters. The van der Waals surface area contributed by atoms with E-state index in [-0.39, 0.29) is 6.03 Å². The van der Waals surface area contributed by atoms with Crippen LogP contribution in [0.2, 0.25) is 0 Å². The maximum absolute atomic E-state index is 11.1. The van der Waals surface area contributed by atoms with Gasteiger partial charge in [0.1, 0.15) is 0 Å². The zero-order valence-corrected chi connectivity index (χ0v) is 11.1. The summed E-state index contributed by atoms with van der Waals surface area (Å²) >= 11 is 0. The van der Waals surface area contributed by atoms with Crippen molar-refractivity contribution in [1.29, 1.82) is 0 Å². The lowest BCUT2D eigenvalue weighted by Crippen LogP contribution is -2.53. The highest BCUT2D eigenvalue weighted by Gasteiger charge is 2.39. The molecular weight excluding hydrogens is 214 g/mol. The predicted octanol–water partition coefficient (Wildman–Crippen LogP) is 1.59. The van der Waals surface area contributed by atoms with Crippen LogP contribution in [0.1, 0.15) is 26.2 Å². The summed E-state index contributed by atoms with van der Waals surface area (Å²) in [5.74, 6) is 0. The molecule has 0 radical (unpaired) electrons. The Labute approximate surface area is 104 Å². The van der Waals surface area contributed by atoms with Crippen LogP contribution in [0.3, 0.4) is 0 Å². The van der Waals surface area contributed by atoms with E-state index in [2.05, 4.69) is 22.1 Å². The summed E-state index contributed by atoms with van der Waals surface area (Å²) < 4.78 is 0. The van der Waals surface area contributed by atoms with Crippen LogP contribution < -0.4 is 10.6 Å². The first-order valence-electron chi connectivity index (χ1n) is 6.41. The minimum atomic E-state index is -0.0487. The number of allylic oxidation sites excluding steroid dienone is 1. The van der Waals surface area contributed by atoms with Crippen LogP contribution in [-0.4, -0.2) is 44.2 Å². The maximum atomic E-state index is 11.1. The Balaban J connectivity index is 0.000000437. The van der Waals surface area contributed by atoms with Gasteiger partial charge >= 0.3 is 6.03 Å². The number of nitrogens with zero attached hydrogens (tertiary/aromatic N) is 1. The molecule has 0 atom stereocenters. The number of urea groups is 1. The molecule has 2 bridgehead atoms. The second kappa shape index (κ2) is 6.64. The van der Waals surface area contributed by atoms with E-state index in [0.717, 1.165) is 6.54 Å². The minimum Gasteiger partial charge on any atom is -0.341 e. The molecule has 3 aliphatic rings. The number of hydrogen-bond donors (Lipinski definition) is 2. The van der Waals surface area contributed by atoms with Crippen molar-refractivity contribution in [2.45, 2.75) is 26.2 Å². The van der Waals surface area contributed by atoms with Gasteiger partial charge in [0.15, 0.2) is 0 Å². The summed E-state index contributed by atoms with van der Waals surface area (Å²) in [7, 11) is 1.66. The number of piperidine rings is 3. The van der Waals surface area contributed by atoms with Gasteiger partial charge in [-0.25, -0.2) is 4.79 Å². The number of amides is 2. The Morgan fingerprint density at radius 1 is 1.35 bits per heavy atom. The van der Waals surface area contributed by atoms with Crippen LogP contribution in [-0.2, 0) is 0 Å². The Bertz CT molecular complexity index is 244. The second-order valence-corrected chi connectivity index (χ2v) is 4.93. The van der Waals surface area contributed by atoms with E-state index in [1.165, 1.54) is 38.9 Å². The monoisotopic (exact) mass is 239 g/mol. The number of hydrogen-bond acceptors (Lipinski definition) is 2. The van der Waals surface area contributed by atoms with E-state index in [4.69, 9.17) is 0 Å². The van der Waals surface area contributed by atoms with Crippen LogP contribution in [0.25, 0.3) is 0 Å². The summed E-state index contributed by atoms with van der Waals surface area (Å²) in [6.45, 7) is 9.75. The van der Waals surface area contributed by atoms with E-state index in [1.807, 2.05) is 6.92 Å². The largest absolute Gasteiger partial charge is 0.341 e. The van der Waals surface area contributed by atoms with Crippen molar-refractivity contribution in [2.75, 3.05) is 33.2 Å². The number of carbonyl (C=O) groups is 1. The quantitative estimate of drug-likeness (QED) is 0.719. The third kappa shape index (κ3) is 4.04. The Kier molecular flexibility index (Phi) is 5.48. The molecule has 0 aromatic rings. The van der Waals surface area contributed by atoms with Gasteiger partial charge in [-0.3, -0.25) is 0 Å². The highest BCUT2D eigenvalue weighted by molar-refractivity contribution is 5.73. The molecule has 17 heavy (non-hydrogen) atoms. The molecule has 98 valence electrons. The standard InChI is InChI=1S/C10H19N3O.C3H6/c1-11-9(14)12-8-10-2-5-13(6-3-10)7-4-10;1-3-2/h2-8H2,1H3,(H2,11,12,14);3H,1H2,2H3. The Morgan fingerprint density at radius 3 is 2.24 bits per heavy atom. The van der Waals surface area contributed by atoms with Crippen molar-refractivity contribution in [3.05, 3.63) is 12.7 Å². The molecule has 0 saturated carbocycles. The fourth-order valence-corrected chi connectivity index (χ4v) is 2.52. The second-order valence-electron chi connectivity index (χ2n) is 4.93. The van der Waals surface area contributed by atoms with Gasteiger partial charge in [0.05, 0.1) is 0 Å². The number of carbonyl (C=O) groups excluding carboxylic acids is 1. The van der Waals surface area contributed by atoms with Gasteiger partial charge in [0.2, 0.25) is 0 Å². The van der Waals surface area contributed by atoms with E-state index < -0.39 is 0 Å². The smallest absolute Gasteiger partial charge is 0.314 e. The highest BCUT2D eigenvalue weighted by Crippen LogP contribution is 2.39. The summed E-state index contributed by atoms with van der Waals surface area (Å²) in [5, 5.41) is 5.55. The first kappa shape index (κ1) is 14.0. The molecule has 4 nitrogen and oxygen atoms in total. The number of fused-ring (bicyclic) bond motifs is 3. The summed E-state index contributed by atoms with van der Waals surface area (Å²) in [4.78, 5) is 13.6. The van der Waals surface area contributed by atoms with Gasteiger partial charge in [0.25, 0.3) is 0 Å². The molecule has 3 saturated heterocycles. The van der Waals surface area contributed by atoms with Gasteiger partial charge in [-0.2, -0.15) is 0 Å². The average Bonchev–Trinajstić information content (AvgIpc) is 2.39. The molecule has 0 aromatic carbocycles. The van der Waals surface area contributed by atoms with E-state index >= 15 is 0 Å². The van der Waals surface area contributed by atoms with Gasteiger partial charge in [0, 0.05) is 13.6 Å². The Morgan fingerprint density at radius 2 is 1.82 bits per heavy atom. The SMILES string of the molecule is C=CC.CNC(=O)NCC12CCN(CC1)CC2. The van der Waals surface area contributed by atoms with Gasteiger partial charge in [-0.05, 0) is 51.2 Å². The van der Waals surface area contributed by atoms with Crippen LogP contribution >= 0.6 is 0 Å². The molecule has 3 fully saturated rings. The molecule has 4 heteroatoms. The van der Waals surface area contributed by atoms with Crippen molar-refractivity contribution >= 4 is 6.03 Å². The number of nitrogens with one attached hydrogen (secondary N) is 2.